The number of hydrogen-bond acceptors (Lipinski definition) is 3. The molecule has 2 rings (SSSR count). The second kappa shape index (κ2) is 5.59. The molecule has 0 spiro atoms. The van der Waals surface area contributed by atoms with Crippen molar-refractivity contribution in [1.82, 2.24) is 4.90 Å². The second-order valence-corrected chi connectivity index (χ2v) is 4.71. The molecule has 1 fully saturated rings. The maximum absolute atomic E-state index is 12.8. The Morgan fingerprint density at radius 3 is 2.72 bits per heavy atom. The van der Waals surface area contributed by atoms with Crippen LogP contribution >= 0.6 is 0 Å². The van der Waals surface area contributed by atoms with E-state index in [0.717, 1.165) is 6.54 Å². The average Bonchev–Trinajstić information content (AvgIpc) is 2.38. The Morgan fingerprint density at radius 1 is 1.44 bits per heavy atom. The summed E-state index contributed by atoms with van der Waals surface area (Å²) in [7, 11) is 0. The van der Waals surface area contributed by atoms with Crippen LogP contribution in [-0.2, 0) is 4.74 Å². The van der Waals surface area contributed by atoms with Gasteiger partial charge in [-0.15, -0.1) is 0 Å². The van der Waals surface area contributed by atoms with Gasteiger partial charge in [0.1, 0.15) is 5.82 Å². The molecule has 1 heterocycles. The molecule has 1 saturated heterocycles. The van der Waals surface area contributed by atoms with Crippen LogP contribution in [-0.4, -0.2) is 42.5 Å². The monoisotopic (exact) mass is 251 g/mol. The number of ketones is 1. The fraction of sp³-hybridized carbons (Fsp3) is 0.500. The van der Waals surface area contributed by atoms with Crippen molar-refractivity contribution in [2.75, 3.05) is 19.8 Å². The molecular weight excluding hydrogens is 233 g/mol. The van der Waals surface area contributed by atoms with Gasteiger partial charge in [0.25, 0.3) is 0 Å². The van der Waals surface area contributed by atoms with Gasteiger partial charge < -0.3 is 4.74 Å². The van der Waals surface area contributed by atoms with Gasteiger partial charge in [-0.25, -0.2) is 4.39 Å². The number of halogens is 1. The van der Waals surface area contributed by atoms with E-state index in [1.807, 2.05) is 13.8 Å². The van der Waals surface area contributed by atoms with Gasteiger partial charge in [0, 0.05) is 18.2 Å². The minimum atomic E-state index is -0.320. The van der Waals surface area contributed by atoms with Gasteiger partial charge in [-0.1, -0.05) is 0 Å². The summed E-state index contributed by atoms with van der Waals surface area (Å²) in [6.45, 7) is 6.02. The lowest BCUT2D eigenvalue weighted by Crippen LogP contribution is -2.51. The van der Waals surface area contributed by atoms with E-state index in [-0.39, 0.29) is 23.7 Å². The highest BCUT2D eigenvalue weighted by Crippen LogP contribution is 2.15. The molecule has 18 heavy (non-hydrogen) atoms. The number of carbonyl (C=O) groups excluding carboxylic acids is 1. The molecule has 0 radical (unpaired) electrons. The first-order valence-electron chi connectivity index (χ1n) is 6.23. The van der Waals surface area contributed by atoms with Crippen molar-refractivity contribution in [3.8, 4) is 0 Å². The molecule has 4 heteroatoms. The molecule has 0 aromatic heterocycles. The summed E-state index contributed by atoms with van der Waals surface area (Å²) in [6, 6.07) is 5.76. The van der Waals surface area contributed by atoms with Gasteiger partial charge in [-0.2, -0.15) is 0 Å². The zero-order valence-electron chi connectivity index (χ0n) is 10.7. The van der Waals surface area contributed by atoms with E-state index < -0.39 is 0 Å². The molecule has 0 bridgehead atoms. The number of carbonyl (C=O) groups is 1. The third-order valence-corrected chi connectivity index (χ3v) is 3.42. The van der Waals surface area contributed by atoms with E-state index in [9.17, 15) is 9.18 Å². The summed E-state index contributed by atoms with van der Waals surface area (Å²) >= 11 is 0. The molecule has 0 saturated carbocycles. The van der Waals surface area contributed by atoms with Crippen LogP contribution in [0, 0.1) is 5.82 Å². The predicted molar refractivity (Wildman–Crippen MR) is 67.2 cm³/mol. The molecule has 1 aliphatic heterocycles. The van der Waals surface area contributed by atoms with E-state index in [2.05, 4.69) is 4.90 Å². The largest absolute Gasteiger partial charge is 0.379 e. The minimum Gasteiger partial charge on any atom is -0.379 e. The van der Waals surface area contributed by atoms with Gasteiger partial charge in [0.15, 0.2) is 5.78 Å². The van der Waals surface area contributed by atoms with Gasteiger partial charge in [0.2, 0.25) is 0 Å². The van der Waals surface area contributed by atoms with Crippen LogP contribution in [0.25, 0.3) is 0 Å². The van der Waals surface area contributed by atoms with Crippen molar-refractivity contribution in [2.45, 2.75) is 25.9 Å². The summed E-state index contributed by atoms with van der Waals surface area (Å²) in [5.74, 6) is -0.289. The Hall–Kier alpha value is -1.26. The summed E-state index contributed by atoms with van der Waals surface area (Å²) in [5, 5.41) is 0. The van der Waals surface area contributed by atoms with Crippen LogP contribution in [0.4, 0.5) is 4.39 Å². The number of rotatable bonds is 3. The normalized spacial score (nSPS) is 22.7. The molecule has 3 nitrogen and oxygen atoms in total. The smallest absolute Gasteiger partial charge is 0.179 e. The lowest BCUT2D eigenvalue weighted by molar-refractivity contribution is -0.0143. The molecule has 0 N–H and O–H groups in total. The Balaban J connectivity index is 2.10. The fourth-order valence-electron chi connectivity index (χ4n) is 2.32. The summed E-state index contributed by atoms with van der Waals surface area (Å²) < 4.78 is 18.2. The zero-order chi connectivity index (χ0) is 13.1. The summed E-state index contributed by atoms with van der Waals surface area (Å²) in [6.07, 6.45) is 0. The van der Waals surface area contributed by atoms with Crippen LogP contribution < -0.4 is 0 Å². The Kier molecular flexibility index (Phi) is 4.09. The maximum atomic E-state index is 12.8. The summed E-state index contributed by atoms with van der Waals surface area (Å²) in [5.41, 5.74) is 0.558. The first-order chi connectivity index (χ1) is 8.59. The van der Waals surface area contributed by atoms with Crippen molar-refractivity contribution in [2.24, 2.45) is 0 Å². The van der Waals surface area contributed by atoms with Crippen molar-refractivity contribution in [1.29, 1.82) is 0 Å². The highest BCUT2D eigenvalue weighted by Gasteiger charge is 2.28. The molecule has 0 aliphatic carbocycles. The predicted octanol–water partition coefficient (Wildman–Crippen LogP) is 2.12. The second-order valence-electron chi connectivity index (χ2n) is 4.71. The molecule has 1 aliphatic rings. The van der Waals surface area contributed by atoms with E-state index in [1.165, 1.54) is 12.1 Å². The third-order valence-electron chi connectivity index (χ3n) is 3.42. The van der Waals surface area contributed by atoms with Gasteiger partial charge in [0.05, 0.1) is 19.3 Å². The lowest BCUT2D eigenvalue weighted by Gasteiger charge is -2.37. The van der Waals surface area contributed by atoms with E-state index in [4.69, 9.17) is 4.74 Å². The Bertz CT molecular complexity index is 418. The number of ether oxygens (including phenoxy) is 1. The molecule has 0 amide bonds. The van der Waals surface area contributed by atoms with Gasteiger partial charge >= 0.3 is 0 Å². The molecule has 1 aromatic carbocycles. The Labute approximate surface area is 107 Å². The average molecular weight is 251 g/mol. The minimum absolute atomic E-state index is 0.0313. The Morgan fingerprint density at radius 2 is 2.11 bits per heavy atom. The highest BCUT2D eigenvalue weighted by molar-refractivity contribution is 5.99. The summed E-state index contributed by atoms with van der Waals surface area (Å²) in [4.78, 5) is 14.4. The van der Waals surface area contributed by atoms with Crippen molar-refractivity contribution in [3.63, 3.8) is 0 Å². The van der Waals surface area contributed by atoms with Crippen LogP contribution in [0.3, 0.4) is 0 Å². The molecule has 2 atom stereocenters. The van der Waals surface area contributed by atoms with Crippen molar-refractivity contribution < 1.29 is 13.9 Å². The quantitative estimate of drug-likeness (QED) is 0.771. The first kappa shape index (κ1) is 13.2. The SMILES string of the molecule is CC1COCCN1C(C)C(=O)c1ccc(F)cc1. The van der Waals surface area contributed by atoms with Crippen LogP contribution in [0.15, 0.2) is 24.3 Å². The van der Waals surface area contributed by atoms with E-state index in [0.29, 0.717) is 18.8 Å². The van der Waals surface area contributed by atoms with Crippen molar-refractivity contribution >= 4 is 5.78 Å². The van der Waals surface area contributed by atoms with E-state index in [1.54, 1.807) is 12.1 Å². The zero-order valence-corrected chi connectivity index (χ0v) is 10.7. The molecular formula is C14H18FNO2. The standard InChI is InChI=1S/C14H18FNO2/c1-10-9-18-8-7-16(10)11(2)14(17)12-3-5-13(15)6-4-12/h3-6,10-11H,7-9H2,1-2H3. The topological polar surface area (TPSA) is 29.5 Å². The third kappa shape index (κ3) is 2.76. The number of nitrogens with zero attached hydrogens (tertiary/aromatic N) is 1. The highest BCUT2D eigenvalue weighted by atomic mass is 19.1. The molecule has 2 unspecified atom stereocenters. The van der Waals surface area contributed by atoms with Gasteiger partial charge in [-0.3, -0.25) is 9.69 Å². The maximum Gasteiger partial charge on any atom is 0.179 e. The van der Waals surface area contributed by atoms with Gasteiger partial charge in [-0.05, 0) is 38.1 Å². The van der Waals surface area contributed by atoms with Crippen LogP contribution in [0.5, 0.6) is 0 Å². The fourth-order valence-corrected chi connectivity index (χ4v) is 2.32. The number of benzene rings is 1. The van der Waals surface area contributed by atoms with Crippen molar-refractivity contribution in [3.05, 3.63) is 35.6 Å². The number of Topliss-reactive ketones (excluding diaryl/α,β-unsaturated/α-hetero) is 1. The first-order valence-corrected chi connectivity index (χ1v) is 6.23. The lowest BCUT2D eigenvalue weighted by atomic mass is 10.0. The van der Waals surface area contributed by atoms with E-state index >= 15 is 0 Å². The number of hydrogen-bond donors (Lipinski definition) is 0. The number of morpholine rings is 1. The van der Waals surface area contributed by atoms with Crippen LogP contribution in [0.1, 0.15) is 24.2 Å². The molecule has 98 valence electrons. The van der Waals surface area contributed by atoms with Crippen LogP contribution in [0.2, 0.25) is 0 Å². The molecule has 1 aromatic rings.